The van der Waals surface area contributed by atoms with E-state index >= 15 is 0 Å². The number of aromatic nitrogens is 1. The summed E-state index contributed by atoms with van der Waals surface area (Å²) in [5.41, 5.74) is -1.55. The van der Waals surface area contributed by atoms with E-state index < -0.39 is 46.2 Å². The van der Waals surface area contributed by atoms with Crippen LogP contribution in [0.5, 0.6) is 5.75 Å². The van der Waals surface area contributed by atoms with Crippen LogP contribution in [0.2, 0.25) is 0 Å². The Labute approximate surface area is 176 Å². The molecular weight excluding hydrogens is 412 g/mol. The van der Waals surface area contributed by atoms with Gasteiger partial charge in [0.15, 0.2) is 11.4 Å². The maximum atomic E-state index is 13.8. The second kappa shape index (κ2) is 7.77. The Kier molecular flexibility index (Phi) is 5.26. The average Bonchev–Trinajstić information content (AvgIpc) is 2.85. The van der Waals surface area contributed by atoms with E-state index in [1.54, 1.807) is 4.90 Å². The molecule has 3 atom stereocenters. The number of pyridine rings is 1. The fraction of sp³-hybridized carbons (Fsp3) is 0.381. The van der Waals surface area contributed by atoms with Crippen molar-refractivity contribution in [2.75, 3.05) is 13.2 Å². The van der Waals surface area contributed by atoms with Gasteiger partial charge in [0.25, 0.3) is 11.8 Å². The maximum Gasteiger partial charge on any atom is 0.274 e. The minimum Gasteiger partial charge on any atom is -0.503 e. The Morgan fingerprint density at radius 3 is 2.74 bits per heavy atom. The van der Waals surface area contributed by atoms with Crippen LogP contribution in [0.1, 0.15) is 46.3 Å². The second-order valence-corrected chi connectivity index (χ2v) is 7.81. The summed E-state index contributed by atoms with van der Waals surface area (Å²) < 4.78 is 34.1. The molecule has 2 N–H and O–H groups in total. The molecule has 8 nitrogen and oxygen atoms in total. The first-order valence-electron chi connectivity index (χ1n) is 9.81. The molecule has 3 heterocycles. The van der Waals surface area contributed by atoms with Crippen LogP contribution in [-0.4, -0.2) is 51.7 Å². The van der Waals surface area contributed by atoms with Crippen molar-refractivity contribution in [1.29, 1.82) is 0 Å². The highest BCUT2D eigenvalue weighted by molar-refractivity contribution is 5.99. The van der Waals surface area contributed by atoms with E-state index in [-0.39, 0.29) is 29.9 Å². The largest absolute Gasteiger partial charge is 0.503 e. The van der Waals surface area contributed by atoms with Crippen molar-refractivity contribution in [2.24, 2.45) is 0 Å². The van der Waals surface area contributed by atoms with Gasteiger partial charge < -0.3 is 24.6 Å². The van der Waals surface area contributed by atoms with Gasteiger partial charge in [0.05, 0.1) is 24.8 Å². The minimum atomic E-state index is -1.00. The van der Waals surface area contributed by atoms with Crippen LogP contribution in [0.4, 0.5) is 8.78 Å². The number of carbonyl (C=O) groups is 2. The van der Waals surface area contributed by atoms with Gasteiger partial charge in [-0.3, -0.25) is 14.4 Å². The smallest absolute Gasteiger partial charge is 0.274 e. The number of nitrogens with zero attached hydrogens (tertiary/aromatic N) is 2. The molecule has 4 rings (SSSR count). The van der Waals surface area contributed by atoms with Crippen LogP contribution >= 0.6 is 0 Å². The summed E-state index contributed by atoms with van der Waals surface area (Å²) >= 11 is 0. The number of carbonyl (C=O) groups excluding carboxylic acids is 2. The van der Waals surface area contributed by atoms with Crippen LogP contribution in [0, 0.1) is 11.6 Å². The number of nitrogens with one attached hydrogen (secondary N) is 1. The molecule has 0 aliphatic carbocycles. The third kappa shape index (κ3) is 3.56. The SMILES string of the molecule is CC1OCC(C)N2CC1n1cc(C(=O)NCc3ccc(F)cc3F)c(=O)c(O)c1C2=O. The molecule has 10 heteroatoms. The highest BCUT2D eigenvalue weighted by Gasteiger charge is 2.41. The first kappa shape index (κ1) is 21.0. The summed E-state index contributed by atoms with van der Waals surface area (Å²) in [5.74, 6) is -3.78. The molecule has 2 aromatic rings. The number of aromatic hydroxyl groups is 1. The molecule has 0 saturated carbocycles. The van der Waals surface area contributed by atoms with Crippen molar-refractivity contribution >= 4 is 11.8 Å². The van der Waals surface area contributed by atoms with E-state index in [0.29, 0.717) is 19.2 Å². The summed E-state index contributed by atoms with van der Waals surface area (Å²) in [6.07, 6.45) is 0.883. The first-order chi connectivity index (χ1) is 14.7. The van der Waals surface area contributed by atoms with Gasteiger partial charge in [0.2, 0.25) is 5.43 Å². The Morgan fingerprint density at radius 2 is 2.03 bits per heavy atom. The number of amides is 2. The lowest BCUT2D eigenvalue weighted by molar-refractivity contribution is 0.0400. The summed E-state index contributed by atoms with van der Waals surface area (Å²) in [5, 5.41) is 12.9. The second-order valence-electron chi connectivity index (χ2n) is 7.81. The lowest BCUT2D eigenvalue weighted by atomic mass is 10.0. The van der Waals surface area contributed by atoms with E-state index in [1.165, 1.54) is 16.8 Å². The maximum absolute atomic E-state index is 13.8. The highest BCUT2D eigenvalue weighted by Crippen LogP contribution is 2.32. The van der Waals surface area contributed by atoms with Crippen molar-refractivity contribution in [1.82, 2.24) is 14.8 Å². The molecule has 31 heavy (non-hydrogen) atoms. The fourth-order valence-electron chi connectivity index (χ4n) is 3.95. The van der Waals surface area contributed by atoms with E-state index in [1.807, 2.05) is 13.8 Å². The fourth-order valence-corrected chi connectivity index (χ4v) is 3.95. The lowest BCUT2D eigenvalue weighted by Gasteiger charge is -2.37. The number of hydrogen-bond acceptors (Lipinski definition) is 5. The van der Waals surface area contributed by atoms with Crippen LogP contribution < -0.4 is 10.7 Å². The Bertz CT molecular complexity index is 1130. The zero-order valence-electron chi connectivity index (χ0n) is 16.9. The predicted octanol–water partition coefficient (Wildman–Crippen LogP) is 1.57. The Hall–Kier alpha value is -3.27. The molecular formula is C21H21F2N3O5. The van der Waals surface area contributed by atoms with Crippen LogP contribution in [0.25, 0.3) is 0 Å². The van der Waals surface area contributed by atoms with Crippen molar-refractivity contribution in [2.45, 2.75) is 38.6 Å². The molecule has 2 aliphatic heterocycles. The third-order valence-corrected chi connectivity index (χ3v) is 5.79. The Balaban J connectivity index is 1.69. The summed E-state index contributed by atoms with van der Waals surface area (Å²) in [6.45, 7) is 3.94. The predicted molar refractivity (Wildman–Crippen MR) is 105 cm³/mol. The summed E-state index contributed by atoms with van der Waals surface area (Å²) in [6, 6.07) is 2.27. The van der Waals surface area contributed by atoms with Crippen molar-refractivity contribution in [3.8, 4) is 5.75 Å². The van der Waals surface area contributed by atoms with Gasteiger partial charge in [0.1, 0.15) is 17.2 Å². The molecule has 3 unspecified atom stereocenters. The van der Waals surface area contributed by atoms with Gasteiger partial charge in [-0.2, -0.15) is 0 Å². The van der Waals surface area contributed by atoms with E-state index in [9.17, 15) is 28.3 Å². The van der Waals surface area contributed by atoms with Crippen LogP contribution in [0.15, 0.2) is 29.2 Å². The number of rotatable bonds is 3. The number of halogens is 2. The minimum absolute atomic E-state index is 0.0302. The standard InChI is InChI=1S/C21H21F2N3O5/c1-10-9-31-11(2)16-8-25(10)21(30)17-19(28)18(27)14(7-26(16)17)20(29)24-6-12-3-4-13(22)5-15(12)23/h3-5,7,10-11,16,28H,6,8-9H2,1-2H3,(H,24,29). The third-order valence-electron chi connectivity index (χ3n) is 5.79. The topological polar surface area (TPSA) is 101 Å². The lowest BCUT2D eigenvalue weighted by Crippen LogP contribution is -2.49. The van der Waals surface area contributed by atoms with E-state index in [0.717, 1.165) is 6.07 Å². The van der Waals surface area contributed by atoms with Gasteiger partial charge in [-0.25, -0.2) is 8.78 Å². The monoisotopic (exact) mass is 433 g/mol. The highest BCUT2D eigenvalue weighted by atomic mass is 19.1. The summed E-state index contributed by atoms with van der Waals surface area (Å²) in [7, 11) is 0. The molecule has 0 spiro atoms. The Morgan fingerprint density at radius 1 is 1.29 bits per heavy atom. The number of benzene rings is 1. The quantitative estimate of drug-likeness (QED) is 0.765. The van der Waals surface area contributed by atoms with Gasteiger partial charge in [-0.1, -0.05) is 6.07 Å². The number of hydrogen-bond donors (Lipinski definition) is 2. The van der Waals surface area contributed by atoms with Crippen LogP contribution in [-0.2, 0) is 11.3 Å². The molecule has 2 aliphatic rings. The first-order valence-corrected chi connectivity index (χ1v) is 9.81. The number of ether oxygens (including phenoxy) is 1. The number of fused-ring (bicyclic) bond motifs is 4. The van der Waals surface area contributed by atoms with Gasteiger partial charge in [-0.05, 0) is 19.9 Å². The zero-order chi connectivity index (χ0) is 22.4. The molecule has 1 fully saturated rings. The molecule has 0 radical (unpaired) electrons. The molecule has 2 amide bonds. The van der Waals surface area contributed by atoms with Crippen molar-refractivity contribution in [3.63, 3.8) is 0 Å². The van der Waals surface area contributed by atoms with Crippen molar-refractivity contribution < 1.29 is 28.2 Å². The van der Waals surface area contributed by atoms with Gasteiger partial charge >= 0.3 is 0 Å². The van der Waals surface area contributed by atoms with Crippen molar-refractivity contribution in [3.05, 3.63) is 63.1 Å². The van der Waals surface area contributed by atoms with Gasteiger partial charge in [-0.15, -0.1) is 0 Å². The van der Waals surface area contributed by atoms with Crippen LogP contribution in [0.3, 0.4) is 0 Å². The molecule has 2 bridgehead atoms. The molecule has 1 aromatic carbocycles. The van der Waals surface area contributed by atoms with E-state index in [2.05, 4.69) is 5.32 Å². The molecule has 1 saturated heterocycles. The van der Waals surface area contributed by atoms with Gasteiger partial charge in [0, 0.05) is 30.9 Å². The summed E-state index contributed by atoms with van der Waals surface area (Å²) in [4.78, 5) is 39.8. The zero-order valence-corrected chi connectivity index (χ0v) is 16.9. The molecule has 1 aromatic heterocycles. The average molecular weight is 433 g/mol. The normalized spacial score (nSPS) is 22.6. The van der Waals surface area contributed by atoms with E-state index in [4.69, 9.17) is 4.74 Å². The molecule has 164 valence electrons.